The molecule has 1 aromatic rings. The predicted molar refractivity (Wildman–Crippen MR) is 73.4 cm³/mol. The third-order valence-electron chi connectivity index (χ3n) is 5.56. The third kappa shape index (κ3) is 1.31. The van der Waals surface area contributed by atoms with Gasteiger partial charge in [0.15, 0.2) is 0 Å². The van der Waals surface area contributed by atoms with Crippen molar-refractivity contribution in [2.45, 2.75) is 25.3 Å². The quantitative estimate of drug-likeness (QED) is 0.855. The van der Waals surface area contributed by atoms with E-state index in [0.717, 1.165) is 19.0 Å². The van der Waals surface area contributed by atoms with Crippen LogP contribution < -0.4 is 5.32 Å². The van der Waals surface area contributed by atoms with E-state index in [4.69, 9.17) is 0 Å². The van der Waals surface area contributed by atoms with E-state index in [2.05, 4.69) is 47.5 Å². The number of hydrogen-bond donors (Lipinski definition) is 1. The van der Waals surface area contributed by atoms with E-state index in [-0.39, 0.29) is 0 Å². The molecule has 0 spiro atoms. The molecule has 2 nitrogen and oxygen atoms in total. The summed E-state index contributed by atoms with van der Waals surface area (Å²) in [6, 6.07) is 11.2. The van der Waals surface area contributed by atoms with Crippen LogP contribution in [-0.4, -0.2) is 31.1 Å². The number of fused-ring (bicyclic) bond motifs is 1. The van der Waals surface area contributed by atoms with Crippen molar-refractivity contribution in [3.05, 3.63) is 35.9 Å². The fourth-order valence-corrected chi connectivity index (χ4v) is 4.56. The summed E-state index contributed by atoms with van der Waals surface area (Å²) in [4.78, 5) is 2.76. The number of hydrogen-bond acceptors (Lipinski definition) is 2. The smallest absolute Gasteiger partial charge is 0.0500 e. The average Bonchev–Trinajstić information content (AvgIpc) is 2.98. The first-order valence-electron chi connectivity index (χ1n) is 7.27. The summed E-state index contributed by atoms with van der Waals surface area (Å²) in [7, 11) is 0. The molecule has 3 aliphatic rings. The largest absolute Gasteiger partial charge is 0.314 e. The fraction of sp³-hybridized carbons (Fsp3) is 0.625. The Hall–Kier alpha value is -0.860. The van der Waals surface area contributed by atoms with Crippen LogP contribution in [0.2, 0.25) is 0 Å². The molecule has 0 radical (unpaired) electrons. The third-order valence-corrected chi connectivity index (χ3v) is 5.56. The minimum atomic E-state index is 0.373. The van der Waals surface area contributed by atoms with Gasteiger partial charge in [0.25, 0.3) is 0 Å². The molecular formula is C16H22N2. The molecule has 3 unspecified atom stereocenters. The highest BCUT2D eigenvalue weighted by molar-refractivity contribution is 5.37. The zero-order valence-electron chi connectivity index (χ0n) is 11.2. The lowest BCUT2D eigenvalue weighted by Crippen LogP contribution is -2.60. The highest BCUT2D eigenvalue weighted by atomic mass is 15.3. The molecule has 2 saturated carbocycles. The average molecular weight is 242 g/mol. The zero-order chi connectivity index (χ0) is 12.2. The van der Waals surface area contributed by atoms with Crippen LogP contribution in [0.3, 0.4) is 0 Å². The monoisotopic (exact) mass is 242 g/mol. The Morgan fingerprint density at radius 1 is 1.17 bits per heavy atom. The number of benzene rings is 1. The van der Waals surface area contributed by atoms with Gasteiger partial charge in [-0.3, -0.25) is 4.90 Å². The van der Waals surface area contributed by atoms with Gasteiger partial charge < -0.3 is 5.32 Å². The van der Waals surface area contributed by atoms with Crippen LogP contribution in [0.5, 0.6) is 0 Å². The molecule has 96 valence electrons. The number of piperazine rings is 1. The fourth-order valence-electron chi connectivity index (χ4n) is 4.56. The van der Waals surface area contributed by atoms with Crippen molar-refractivity contribution in [3.63, 3.8) is 0 Å². The molecule has 0 amide bonds. The van der Waals surface area contributed by atoms with Gasteiger partial charge in [-0.05, 0) is 29.7 Å². The Bertz CT molecular complexity index is 451. The van der Waals surface area contributed by atoms with Gasteiger partial charge in [0, 0.05) is 31.7 Å². The van der Waals surface area contributed by atoms with Crippen molar-refractivity contribution in [2.24, 2.45) is 11.3 Å². The van der Waals surface area contributed by atoms with E-state index in [0.29, 0.717) is 11.0 Å². The maximum atomic E-state index is 3.48. The van der Waals surface area contributed by atoms with Crippen molar-refractivity contribution in [1.29, 1.82) is 0 Å². The molecule has 0 aromatic heterocycles. The van der Waals surface area contributed by atoms with Crippen molar-refractivity contribution in [1.82, 2.24) is 10.2 Å². The molecule has 1 aromatic carbocycles. The summed E-state index contributed by atoms with van der Waals surface area (Å²) in [5.74, 6) is 0.908. The van der Waals surface area contributed by atoms with Crippen LogP contribution in [0, 0.1) is 11.3 Å². The molecule has 18 heavy (non-hydrogen) atoms. The van der Waals surface area contributed by atoms with E-state index in [1.54, 1.807) is 5.56 Å². The number of rotatable bonds is 2. The molecule has 0 bridgehead atoms. The van der Waals surface area contributed by atoms with E-state index < -0.39 is 0 Å². The normalized spacial score (nSPS) is 43.1. The molecule has 1 heterocycles. The molecule has 1 aliphatic heterocycles. The van der Waals surface area contributed by atoms with Gasteiger partial charge in [-0.2, -0.15) is 0 Å². The predicted octanol–water partition coefficient (Wildman–Crippen LogP) is 2.22. The second-order valence-electron chi connectivity index (χ2n) is 6.61. The van der Waals surface area contributed by atoms with Gasteiger partial charge in [0.2, 0.25) is 0 Å². The highest BCUT2D eigenvalue weighted by Crippen LogP contribution is 2.77. The second-order valence-corrected chi connectivity index (χ2v) is 6.61. The second kappa shape index (κ2) is 3.58. The summed E-state index contributed by atoms with van der Waals surface area (Å²) in [6.45, 7) is 7.19. The maximum absolute atomic E-state index is 3.48. The molecule has 2 heteroatoms. The lowest BCUT2D eigenvalue weighted by molar-refractivity contribution is -0.0392. The van der Waals surface area contributed by atoms with Crippen LogP contribution in [-0.2, 0) is 5.54 Å². The summed E-state index contributed by atoms with van der Waals surface area (Å²) in [5.41, 5.74) is 2.60. The Kier molecular flexibility index (Phi) is 2.19. The summed E-state index contributed by atoms with van der Waals surface area (Å²) < 4.78 is 0. The number of nitrogens with one attached hydrogen (secondary N) is 1. The first-order chi connectivity index (χ1) is 8.76. The van der Waals surface area contributed by atoms with E-state index >= 15 is 0 Å². The Morgan fingerprint density at radius 3 is 2.44 bits per heavy atom. The summed E-state index contributed by atoms with van der Waals surface area (Å²) in [5, 5.41) is 3.48. The van der Waals surface area contributed by atoms with Crippen molar-refractivity contribution >= 4 is 0 Å². The Balaban J connectivity index is 1.71. The molecule has 1 N–H and O–H groups in total. The topological polar surface area (TPSA) is 15.3 Å². The molecule has 2 aliphatic carbocycles. The maximum Gasteiger partial charge on any atom is 0.0500 e. The van der Waals surface area contributed by atoms with Gasteiger partial charge in [-0.1, -0.05) is 37.3 Å². The molecule has 1 saturated heterocycles. The van der Waals surface area contributed by atoms with Gasteiger partial charge in [-0.15, -0.1) is 0 Å². The Morgan fingerprint density at radius 2 is 1.89 bits per heavy atom. The number of nitrogens with zero attached hydrogens (tertiary/aromatic N) is 1. The van der Waals surface area contributed by atoms with Gasteiger partial charge >= 0.3 is 0 Å². The Labute approximate surface area is 109 Å². The van der Waals surface area contributed by atoms with Gasteiger partial charge in [-0.25, -0.2) is 0 Å². The van der Waals surface area contributed by atoms with E-state index in [1.807, 2.05) is 0 Å². The summed E-state index contributed by atoms with van der Waals surface area (Å²) >= 11 is 0. The molecule has 3 fully saturated rings. The zero-order valence-corrected chi connectivity index (χ0v) is 11.2. The molecular weight excluding hydrogens is 220 g/mol. The summed E-state index contributed by atoms with van der Waals surface area (Å²) in [6.07, 6.45) is 2.81. The van der Waals surface area contributed by atoms with Crippen LogP contribution >= 0.6 is 0 Å². The van der Waals surface area contributed by atoms with Gasteiger partial charge in [0.1, 0.15) is 0 Å². The van der Waals surface area contributed by atoms with Crippen LogP contribution in [0.15, 0.2) is 30.3 Å². The minimum absolute atomic E-state index is 0.373. The van der Waals surface area contributed by atoms with Crippen LogP contribution in [0.1, 0.15) is 25.3 Å². The van der Waals surface area contributed by atoms with Crippen LogP contribution in [0.4, 0.5) is 0 Å². The molecule has 3 atom stereocenters. The first kappa shape index (κ1) is 11.0. The van der Waals surface area contributed by atoms with Crippen molar-refractivity contribution < 1.29 is 0 Å². The highest BCUT2D eigenvalue weighted by Gasteiger charge is 2.74. The first-order valence-corrected chi connectivity index (χ1v) is 7.27. The lowest BCUT2D eigenvalue weighted by Gasteiger charge is -2.55. The van der Waals surface area contributed by atoms with Crippen molar-refractivity contribution in [2.75, 3.05) is 26.2 Å². The van der Waals surface area contributed by atoms with Crippen LogP contribution in [0.25, 0.3) is 0 Å². The SMILES string of the molecule is CC12CC1C(c1ccccc1)(N1CCNCC1)C2. The van der Waals surface area contributed by atoms with E-state index in [1.165, 1.54) is 25.9 Å². The molecule has 4 rings (SSSR count). The standard InChI is InChI=1S/C16H22N2/c1-15-11-14(15)16(12-15,13-5-3-2-4-6-13)18-9-7-17-8-10-18/h2-6,14,17H,7-12H2,1H3. The van der Waals surface area contributed by atoms with E-state index in [9.17, 15) is 0 Å². The van der Waals surface area contributed by atoms with Crippen molar-refractivity contribution in [3.8, 4) is 0 Å². The van der Waals surface area contributed by atoms with Gasteiger partial charge in [0.05, 0.1) is 0 Å². The lowest BCUT2D eigenvalue weighted by atomic mass is 9.64. The minimum Gasteiger partial charge on any atom is -0.314 e.